The van der Waals surface area contributed by atoms with Crippen LogP contribution >= 0.6 is 0 Å². The van der Waals surface area contributed by atoms with Crippen LogP contribution in [0.5, 0.6) is 0 Å². The second-order valence-electron chi connectivity index (χ2n) is 8.39. The molecule has 175 valence electrons. The molecule has 0 N–H and O–H groups in total. The Balaban J connectivity index is 1.83. The zero-order valence-corrected chi connectivity index (χ0v) is 19.5. The predicted molar refractivity (Wildman–Crippen MR) is 132 cm³/mol. The van der Waals surface area contributed by atoms with E-state index < -0.39 is 17.2 Å². The van der Waals surface area contributed by atoms with Gasteiger partial charge in [-0.05, 0) is 23.6 Å². The molecule has 0 aliphatic carbocycles. The third-order valence-corrected chi connectivity index (χ3v) is 6.53. The van der Waals surface area contributed by atoms with Crippen LogP contribution in [-0.4, -0.2) is 24.2 Å². The lowest BCUT2D eigenvalue weighted by Crippen LogP contribution is -2.52. The summed E-state index contributed by atoms with van der Waals surface area (Å²) in [7, 11) is 0. The number of carbonyl (C=O) groups is 1. The molecule has 1 radical (unpaired) electrons. The van der Waals surface area contributed by atoms with Crippen molar-refractivity contribution in [2.45, 2.75) is 18.2 Å². The highest BCUT2D eigenvalue weighted by atomic mass is 16.6. The number of hydrogen-bond acceptors (Lipinski definition) is 4. The minimum atomic E-state index is -1.57. The fraction of sp³-hybridized carbons (Fsp3) is 0.167. The molecule has 0 saturated carbocycles. The number of benzene rings is 4. The van der Waals surface area contributed by atoms with Crippen molar-refractivity contribution in [2.24, 2.45) is 0 Å². The Labute approximate surface area is 205 Å². The van der Waals surface area contributed by atoms with Gasteiger partial charge in [0.05, 0.1) is 6.61 Å². The SMILES string of the molecule is CCOC(=O)COC1(c2ccccc2)c2ccccc2C(c2ccccc2)(c2ccccc2)N1[O]. The number of hydroxylamine groups is 2. The number of esters is 1. The quantitative estimate of drug-likeness (QED) is 0.343. The van der Waals surface area contributed by atoms with Crippen molar-refractivity contribution in [1.82, 2.24) is 5.06 Å². The Bertz CT molecular complexity index is 1250. The Morgan fingerprint density at radius 1 is 0.686 bits per heavy atom. The molecule has 4 aromatic carbocycles. The first kappa shape index (κ1) is 23.0. The summed E-state index contributed by atoms with van der Waals surface area (Å²) in [5.41, 5.74) is 0.982. The van der Waals surface area contributed by atoms with Crippen LogP contribution in [0.4, 0.5) is 0 Å². The molecule has 0 bridgehead atoms. The summed E-state index contributed by atoms with van der Waals surface area (Å²) in [6.45, 7) is 1.61. The Kier molecular flexibility index (Phi) is 6.22. The van der Waals surface area contributed by atoms with Crippen LogP contribution < -0.4 is 0 Å². The van der Waals surface area contributed by atoms with Crippen LogP contribution in [0.3, 0.4) is 0 Å². The van der Waals surface area contributed by atoms with E-state index in [-0.39, 0.29) is 13.2 Å². The van der Waals surface area contributed by atoms with Crippen molar-refractivity contribution >= 4 is 5.97 Å². The summed E-state index contributed by atoms with van der Waals surface area (Å²) in [5, 5.41) is 16.0. The van der Waals surface area contributed by atoms with Crippen LogP contribution in [-0.2, 0) is 30.7 Å². The van der Waals surface area contributed by atoms with Crippen LogP contribution in [0.2, 0.25) is 0 Å². The molecule has 1 heterocycles. The maximum atomic E-state index is 15.0. The lowest BCUT2D eigenvalue weighted by atomic mass is 9.77. The highest BCUT2D eigenvalue weighted by molar-refractivity contribution is 5.71. The average Bonchev–Trinajstić information content (AvgIpc) is 3.15. The summed E-state index contributed by atoms with van der Waals surface area (Å²) in [6.07, 6.45) is 0. The molecule has 0 saturated heterocycles. The Hall–Kier alpha value is -3.77. The van der Waals surface area contributed by atoms with Gasteiger partial charge in [0, 0.05) is 11.1 Å². The maximum Gasteiger partial charge on any atom is 0.332 e. The third kappa shape index (κ3) is 3.56. The number of nitrogens with zero attached hydrogens (tertiary/aromatic N) is 1. The highest BCUT2D eigenvalue weighted by Gasteiger charge is 2.63. The first-order valence-electron chi connectivity index (χ1n) is 11.7. The summed E-state index contributed by atoms with van der Waals surface area (Å²) in [6, 6.07) is 36.5. The minimum absolute atomic E-state index is 0.232. The van der Waals surface area contributed by atoms with E-state index in [1.165, 1.54) is 0 Å². The van der Waals surface area contributed by atoms with E-state index in [1.807, 2.05) is 115 Å². The van der Waals surface area contributed by atoms with E-state index in [0.29, 0.717) is 11.1 Å². The van der Waals surface area contributed by atoms with Crippen LogP contribution in [0, 0.1) is 0 Å². The Morgan fingerprint density at radius 2 is 1.14 bits per heavy atom. The maximum absolute atomic E-state index is 15.0. The van der Waals surface area contributed by atoms with E-state index in [1.54, 1.807) is 6.92 Å². The molecule has 0 fully saturated rings. The van der Waals surface area contributed by atoms with Crippen molar-refractivity contribution in [1.29, 1.82) is 0 Å². The Morgan fingerprint density at radius 3 is 1.66 bits per heavy atom. The number of carbonyl (C=O) groups excluding carboxylic acids is 1. The molecule has 5 rings (SSSR count). The summed E-state index contributed by atoms with van der Waals surface area (Å²) in [4.78, 5) is 12.4. The van der Waals surface area contributed by atoms with E-state index >= 15 is 5.21 Å². The molecule has 5 heteroatoms. The molecule has 5 nitrogen and oxygen atoms in total. The first-order valence-corrected chi connectivity index (χ1v) is 11.7. The molecule has 1 aliphatic heterocycles. The van der Waals surface area contributed by atoms with E-state index in [2.05, 4.69) is 0 Å². The van der Waals surface area contributed by atoms with Gasteiger partial charge in [-0.15, -0.1) is 5.21 Å². The minimum Gasteiger partial charge on any atom is -0.464 e. The summed E-state index contributed by atoms with van der Waals surface area (Å²) < 4.78 is 11.5. The van der Waals surface area contributed by atoms with E-state index in [9.17, 15) is 4.79 Å². The van der Waals surface area contributed by atoms with Crippen molar-refractivity contribution in [3.05, 3.63) is 143 Å². The lowest BCUT2D eigenvalue weighted by Gasteiger charge is -2.42. The fourth-order valence-corrected chi connectivity index (χ4v) is 5.14. The zero-order chi connectivity index (χ0) is 24.3. The summed E-state index contributed by atoms with van der Waals surface area (Å²) >= 11 is 0. The molecule has 4 aromatic rings. The van der Waals surface area contributed by atoms with Crippen molar-refractivity contribution in [3.8, 4) is 0 Å². The zero-order valence-electron chi connectivity index (χ0n) is 19.5. The average molecular weight is 465 g/mol. The second kappa shape index (κ2) is 9.47. The molecule has 1 unspecified atom stereocenters. The van der Waals surface area contributed by atoms with Gasteiger partial charge in [0.1, 0.15) is 12.1 Å². The molecular formula is C30H26NO4. The van der Waals surface area contributed by atoms with Gasteiger partial charge in [0.2, 0.25) is 5.72 Å². The summed E-state index contributed by atoms with van der Waals surface area (Å²) in [5.74, 6) is -0.523. The third-order valence-electron chi connectivity index (χ3n) is 6.53. The molecule has 0 aromatic heterocycles. The van der Waals surface area contributed by atoms with Gasteiger partial charge in [-0.3, -0.25) is 0 Å². The van der Waals surface area contributed by atoms with Gasteiger partial charge in [0.25, 0.3) is 0 Å². The van der Waals surface area contributed by atoms with Crippen LogP contribution in [0.1, 0.15) is 34.7 Å². The van der Waals surface area contributed by atoms with Gasteiger partial charge in [-0.25, -0.2) is 4.79 Å². The normalized spacial score (nSPS) is 18.7. The smallest absolute Gasteiger partial charge is 0.332 e. The molecular weight excluding hydrogens is 438 g/mol. The molecule has 1 aliphatic rings. The standard InChI is InChI=1S/C30H26NO4/c1-2-34-28(32)22-35-30(25-18-10-5-11-19-25)27-21-13-12-20-26(27)29(31(30)33,23-14-6-3-7-15-23)24-16-8-4-9-17-24/h3-21H,2,22H2,1H3. The van der Waals surface area contributed by atoms with Crippen molar-refractivity contribution in [3.63, 3.8) is 0 Å². The van der Waals surface area contributed by atoms with Gasteiger partial charge < -0.3 is 9.47 Å². The van der Waals surface area contributed by atoms with E-state index in [4.69, 9.17) is 9.47 Å². The van der Waals surface area contributed by atoms with Crippen LogP contribution in [0.15, 0.2) is 115 Å². The van der Waals surface area contributed by atoms with Gasteiger partial charge >= 0.3 is 5.97 Å². The monoisotopic (exact) mass is 464 g/mol. The van der Waals surface area contributed by atoms with Gasteiger partial charge in [-0.2, -0.15) is 0 Å². The number of hydrogen-bond donors (Lipinski definition) is 0. The number of fused-ring (bicyclic) bond motifs is 1. The topological polar surface area (TPSA) is 58.7 Å². The second-order valence-corrected chi connectivity index (χ2v) is 8.39. The van der Waals surface area contributed by atoms with Crippen LogP contribution in [0.25, 0.3) is 0 Å². The number of ether oxygens (including phenoxy) is 2. The van der Waals surface area contributed by atoms with Crippen molar-refractivity contribution < 1.29 is 19.5 Å². The van der Waals surface area contributed by atoms with Crippen molar-refractivity contribution in [2.75, 3.05) is 13.2 Å². The predicted octanol–water partition coefficient (Wildman–Crippen LogP) is 5.42. The molecule has 0 amide bonds. The highest BCUT2D eigenvalue weighted by Crippen LogP contribution is 2.58. The van der Waals surface area contributed by atoms with E-state index in [0.717, 1.165) is 21.8 Å². The number of rotatable bonds is 7. The fourth-order valence-electron chi connectivity index (χ4n) is 5.14. The van der Waals surface area contributed by atoms with Gasteiger partial charge in [-0.1, -0.05) is 120 Å². The first-order chi connectivity index (χ1) is 17.2. The molecule has 35 heavy (non-hydrogen) atoms. The largest absolute Gasteiger partial charge is 0.464 e. The molecule has 1 atom stereocenters. The molecule has 0 spiro atoms. The lowest BCUT2D eigenvalue weighted by molar-refractivity contribution is -0.325. The van der Waals surface area contributed by atoms with Gasteiger partial charge in [0.15, 0.2) is 0 Å².